The van der Waals surface area contributed by atoms with Crippen LogP contribution in [0.3, 0.4) is 0 Å². The van der Waals surface area contributed by atoms with Crippen LogP contribution in [0.4, 0.5) is 10.1 Å². The third kappa shape index (κ3) is 5.46. The molecule has 5 rings (SSSR count). The molecule has 0 bridgehead atoms. The predicted octanol–water partition coefficient (Wildman–Crippen LogP) is 6.63. The van der Waals surface area contributed by atoms with Gasteiger partial charge in [0.05, 0.1) is 11.4 Å². The lowest BCUT2D eigenvalue weighted by Crippen LogP contribution is -2.18. The third-order valence-corrected chi connectivity index (χ3v) is 7.23. The van der Waals surface area contributed by atoms with Gasteiger partial charge in [-0.3, -0.25) is 9.59 Å². The van der Waals surface area contributed by atoms with Gasteiger partial charge in [-0.25, -0.2) is 4.39 Å². The first-order valence-corrected chi connectivity index (χ1v) is 12.7. The van der Waals surface area contributed by atoms with E-state index in [1.165, 1.54) is 25.0 Å². The Balaban J connectivity index is 1.41. The maximum atomic E-state index is 14.2. The Hall–Kier alpha value is -3.20. The van der Waals surface area contributed by atoms with Crippen molar-refractivity contribution in [2.75, 3.05) is 5.32 Å². The van der Waals surface area contributed by atoms with Crippen LogP contribution in [0.1, 0.15) is 92.6 Å². The van der Waals surface area contributed by atoms with Crippen molar-refractivity contribution in [2.45, 2.75) is 75.5 Å². The van der Waals surface area contributed by atoms with Gasteiger partial charge in [0.15, 0.2) is 11.5 Å². The average Bonchev–Trinajstić information content (AvgIpc) is 3.22. The second-order valence-electron chi connectivity index (χ2n) is 9.69. The molecule has 1 aromatic carbocycles. The molecule has 1 atom stereocenters. The second kappa shape index (κ2) is 10.4. The number of hydrogen-bond acceptors (Lipinski definition) is 6. The molecular weight excluding hydrogens is 489 g/mol. The predicted molar refractivity (Wildman–Crippen MR) is 129 cm³/mol. The zero-order valence-corrected chi connectivity index (χ0v) is 20.4. The Bertz CT molecular complexity index is 1260. The summed E-state index contributed by atoms with van der Waals surface area (Å²) in [7, 11) is 0. The molecule has 10 heteroatoms. The lowest BCUT2D eigenvalue weighted by Gasteiger charge is -2.15. The van der Waals surface area contributed by atoms with Gasteiger partial charge in [0.25, 0.3) is 0 Å². The molecule has 8 nitrogen and oxygen atoms in total. The van der Waals surface area contributed by atoms with E-state index in [2.05, 4.69) is 15.6 Å². The van der Waals surface area contributed by atoms with Gasteiger partial charge in [0.1, 0.15) is 11.6 Å². The fourth-order valence-corrected chi connectivity index (χ4v) is 5.16. The molecule has 1 amide bonds. The van der Waals surface area contributed by atoms with Gasteiger partial charge in [0.2, 0.25) is 5.91 Å². The molecule has 0 spiro atoms. The van der Waals surface area contributed by atoms with E-state index in [-0.39, 0.29) is 35.9 Å². The molecule has 3 aromatic rings. The highest BCUT2D eigenvalue weighted by Gasteiger charge is 2.37. The first-order chi connectivity index (χ1) is 17.4. The number of nitrogens with zero attached hydrogens (tertiary/aromatic N) is 2. The molecule has 2 heterocycles. The van der Waals surface area contributed by atoms with E-state index in [0.29, 0.717) is 23.1 Å². The molecule has 0 radical (unpaired) electrons. The lowest BCUT2D eigenvalue weighted by molar-refractivity contribution is -0.137. The minimum absolute atomic E-state index is 0.00619. The Morgan fingerprint density at radius 3 is 2.58 bits per heavy atom. The quantitative estimate of drug-likeness (QED) is 0.311. The maximum Gasteiger partial charge on any atom is 0.303 e. The van der Waals surface area contributed by atoms with Crippen LogP contribution in [0.5, 0.6) is 0 Å². The summed E-state index contributed by atoms with van der Waals surface area (Å²) in [5, 5.41) is 20.6. The zero-order chi connectivity index (χ0) is 25.2. The number of anilines is 1. The molecule has 2 N–H and O–H groups in total. The number of halogens is 2. The van der Waals surface area contributed by atoms with Crippen LogP contribution < -0.4 is 5.32 Å². The van der Waals surface area contributed by atoms with Gasteiger partial charge in [-0.1, -0.05) is 34.8 Å². The van der Waals surface area contributed by atoms with Crippen LogP contribution in [0, 0.1) is 5.82 Å². The number of carboxylic acids is 1. The van der Waals surface area contributed by atoms with E-state index in [4.69, 9.17) is 20.6 Å². The van der Waals surface area contributed by atoms with Gasteiger partial charge in [-0.05, 0) is 56.2 Å². The standard InChI is InChI=1S/C26H27ClFN3O5/c27-17-8-9-19(18(28)12-17)29-22(32)11-16(7-10-23(33)34)25-24(15-5-6-15)26(36-31-25)20-13-21(35-30-20)14-3-1-2-4-14/h8-9,12-16H,1-7,10-11H2,(H,29,32)(H,33,34)/t16-/m0/s1. The molecule has 2 saturated carbocycles. The number of carboxylic acid groups (broad SMARTS) is 1. The van der Waals surface area contributed by atoms with Crippen LogP contribution >= 0.6 is 11.6 Å². The monoisotopic (exact) mass is 515 g/mol. The van der Waals surface area contributed by atoms with Crippen molar-refractivity contribution in [1.29, 1.82) is 0 Å². The summed E-state index contributed by atoms with van der Waals surface area (Å²) < 4.78 is 25.6. The molecule has 190 valence electrons. The normalized spacial score (nSPS) is 16.8. The van der Waals surface area contributed by atoms with Crippen molar-refractivity contribution in [3.8, 4) is 11.5 Å². The fourth-order valence-electron chi connectivity index (χ4n) is 5.00. The van der Waals surface area contributed by atoms with Crippen LogP contribution in [0.25, 0.3) is 11.5 Å². The Labute approximate surface area is 212 Å². The van der Waals surface area contributed by atoms with Gasteiger partial charge in [-0.2, -0.15) is 0 Å². The Morgan fingerprint density at radius 1 is 1.11 bits per heavy atom. The third-order valence-electron chi connectivity index (χ3n) is 6.99. The number of amides is 1. The highest BCUT2D eigenvalue weighted by molar-refractivity contribution is 6.30. The smallest absolute Gasteiger partial charge is 0.303 e. The van der Waals surface area contributed by atoms with Gasteiger partial charge in [-0.15, -0.1) is 0 Å². The molecule has 2 aliphatic carbocycles. The first-order valence-electron chi connectivity index (χ1n) is 12.3. The molecule has 2 aromatic heterocycles. The highest BCUT2D eigenvalue weighted by atomic mass is 35.5. The van der Waals surface area contributed by atoms with Crippen molar-refractivity contribution >= 4 is 29.2 Å². The van der Waals surface area contributed by atoms with E-state index < -0.39 is 23.6 Å². The lowest BCUT2D eigenvalue weighted by atomic mass is 9.90. The molecular formula is C26H27ClFN3O5. The summed E-state index contributed by atoms with van der Waals surface area (Å²) in [5.74, 6) is -0.675. The van der Waals surface area contributed by atoms with Crippen molar-refractivity contribution in [1.82, 2.24) is 10.3 Å². The molecule has 2 fully saturated rings. The van der Waals surface area contributed by atoms with Crippen LogP contribution in [-0.2, 0) is 9.59 Å². The van der Waals surface area contributed by atoms with Crippen molar-refractivity contribution in [3.63, 3.8) is 0 Å². The van der Waals surface area contributed by atoms with E-state index >= 15 is 0 Å². The number of aliphatic carboxylic acids is 1. The number of rotatable bonds is 10. The molecule has 2 aliphatic rings. The Morgan fingerprint density at radius 2 is 1.89 bits per heavy atom. The maximum absolute atomic E-state index is 14.2. The molecule has 0 unspecified atom stereocenters. The number of carbonyl (C=O) groups excluding carboxylic acids is 1. The SMILES string of the molecule is O=C(O)CC[C@@H](CC(=O)Nc1ccc(Cl)cc1F)c1noc(-c2cc(C3CCCC3)on2)c1C1CC1. The highest BCUT2D eigenvalue weighted by Crippen LogP contribution is 2.49. The summed E-state index contributed by atoms with van der Waals surface area (Å²) in [6.07, 6.45) is 6.36. The van der Waals surface area contributed by atoms with E-state index in [0.717, 1.165) is 43.1 Å². The number of hydrogen-bond donors (Lipinski definition) is 2. The number of carbonyl (C=O) groups is 2. The number of aromatic nitrogens is 2. The minimum Gasteiger partial charge on any atom is -0.481 e. The minimum atomic E-state index is -0.974. The van der Waals surface area contributed by atoms with Crippen molar-refractivity contribution < 1.29 is 28.1 Å². The summed E-state index contributed by atoms with van der Waals surface area (Å²) in [4.78, 5) is 24.2. The summed E-state index contributed by atoms with van der Waals surface area (Å²) in [6, 6.07) is 5.90. The van der Waals surface area contributed by atoms with Crippen LogP contribution in [0.2, 0.25) is 5.02 Å². The van der Waals surface area contributed by atoms with Crippen LogP contribution in [0.15, 0.2) is 33.3 Å². The van der Waals surface area contributed by atoms with E-state index in [1.54, 1.807) is 0 Å². The second-order valence-corrected chi connectivity index (χ2v) is 10.1. The summed E-state index contributed by atoms with van der Waals surface area (Å²) >= 11 is 5.79. The van der Waals surface area contributed by atoms with Gasteiger partial charge in [0, 0.05) is 41.3 Å². The largest absolute Gasteiger partial charge is 0.481 e. The molecule has 0 aliphatic heterocycles. The summed E-state index contributed by atoms with van der Waals surface area (Å²) in [6.45, 7) is 0. The molecule has 36 heavy (non-hydrogen) atoms. The number of benzene rings is 1. The van der Waals surface area contributed by atoms with Crippen molar-refractivity contribution in [3.05, 3.63) is 52.1 Å². The topological polar surface area (TPSA) is 118 Å². The van der Waals surface area contributed by atoms with Crippen molar-refractivity contribution in [2.24, 2.45) is 0 Å². The fraction of sp³-hybridized carbons (Fsp3) is 0.462. The Kier molecular flexibility index (Phi) is 7.09. The average molecular weight is 516 g/mol. The van der Waals surface area contributed by atoms with Gasteiger partial charge >= 0.3 is 5.97 Å². The molecule has 0 saturated heterocycles. The number of nitrogens with one attached hydrogen (secondary N) is 1. The first kappa shape index (κ1) is 24.5. The van der Waals surface area contributed by atoms with E-state index in [9.17, 15) is 19.1 Å². The summed E-state index contributed by atoms with van der Waals surface area (Å²) in [5.41, 5.74) is 2.00. The van der Waals surface area contributed by atoms with Crippen LogP contribution in [-0.4, -0.2) is 27.3 Å². The zero-order valence-electron chi connectivity index (χ0n) is 19.6. The van der Waals surface area contributed by atoms with E-state index in [1.807, 2.05) is 6.07 Å². The van der Waals surface area contributed by atoms with Gasteiger partial charge < -0.3 is 19.5 Å².